The average Bonchev–Trinajstić information content (AvgIpc) is 2.89. The molecule has 0 saturated heterocycles. The van der Waals surface area contributed by atoms with Gasteiger partial charge in [0.25, 0.3) is 0 Å². The summed E-state index contributed by atoms with van der Waals surface area (Å²) in [5.74, 6) is 0. The van der Waals surface area contributed by atoms with Gasteiger partial charge in [0.15, 0.2) is 0 Å². The molecular weight excluding hydrogens is 302 g/mol. The highest BCUT2D eigenvalue weighted by molar-refractivity contribution is 9.10. The first-order valence-corrected chi connectivity index (χ1v) is 7.53. The van der Waals surface area contributed by atoms with Crippen molar-refractivity contribution in [2.75, 3.05) is 6.54 Å². The Labute approximate surface area is 123 Å². The predicted octanol–water partition coefficient (Wildman–Crippen LogP) is 3.56. The summed E-state index contributed by atoms with van der Waals surface area (Å²) in [6.45, 7) is 6.10. The summed E-state index contributed by atoms with van der Waals surface area (Å²) in [6.07, 6.45) is 5.06. The Morgan fingerprint density at radius 1 is 1.32 bits per heavy atom. The van der Waals surface area contributed by atoms with Crippen molar-refractivity contribution in [1.82, 2.24) is 15.1 Å². The quantitative estimate of drug-likeness (QED) is 0.881. The molecule has 0 aliphatic heterocycles. The van der Waals surface area contributed by atoms with E-state index in [0.29, 0.717) is 6.04 Å². The Hall–Kier alpha value is -1.13. The second-order valence-electron chi connectivity index (χ2n) is 4.54. The van der Waals surface area contributed by atoms with Crippen LogP contribution >= 0.6 is 15.9 Å². The highest BCUT2D eigenvalue weighted by Crippen LogP contribution is 2.23. The van der Waals surface area contributed by atoms with E-state index in [-0.39, 0.29) is 0 Å². The van der Waals surface area contributed by atoms with Crippen molar-refractivity contribution in [2.45, 2.75) is 32.9 Å². The maximum absolute atomic E-state index is 4.37. The summed E-state index contributed by atoms with van der Waals surface area (Å²) >= 11 is 3.62. The molecule has 0 radical (unpaired) electrons. The summed E-state index contributed by atoms with van der Waals surface area (Å²) in [4.78, 5) is 0. The van der Waals surface area contributed by atoms with Crippen molar-refractivity contribution in [2.24, 2.45) is 0 Å². The van der Waals surface area contributed by atoms with Crippen LogP contribution in [-0.4, -0.2) is 16.3 Å². The Bertz CT molecular complexity index is 522. The van der Waals surface area contributed by atoms with Gasteiger partial charge in [-0.3, -0.25) is 4.68 Å². The predicted molar refractivity (Wildman–Crippen MR) is 82.2 cm³/mol. The molecule has 0 bridgehead atoms. The normalized spacial score (nSPS) is 12.6. The van der Waals surface area contributed by atoms with E-state index in [2.05, 4.69) is 64.6 Å². The number of benzene rings is 1. The van der Waals surface area contributed by atoms with Crippen LogP contribution in [0.1, 0.15) is 31.0 Å². The molecule has 4 heteroatoms. The minimum Gasteiger partial charge on any atom is -0.310 e. The van der Waals surface area contributed by atoms with Crippen molar-refractivity contribution >= 4 is 15.9 Å². The van der Waals surface area contributed by atoms with E-state index in [9.17, 15) is 0 Å². The molecule has 0 amide bonds. The molecule has 102 valence electrons. The molecule has 0 spiro atoms. The van der Waals surface area contributed by atoms with Crippen LogP contribution in [0.25, 0.3) is 0 Å². The third-order valence-corrected chi connectivity index (χ3v) is 3.99. The molecule has 2 aromatic rings. The van der Waals surface area contributed by atoms with E-state index in [0.717, 1.165) is 19.5 Å². The Kier molecular flexibility index (Phi) is 5.16. The van der Waals surface area contributed by atoms with Crippen LogP contribution in [0.3, 0.4) is 0 Å². The molecule has 0 aliphatic rings. The molecular formula is C15H20BrN3. The van der Waals surface area contributed by atoms with Gasteiger partial charge in [-0.05, 0) is 31.5 Å². The number of rotatable bonds is 6. The van der Waals surface area contributed by atoms with Gasteiger partial charge in [-0.2, -0.15) is 5.10 Å². The van der Waals surface area contributed by atoms with E-state index in [1.165, 1.54) is 15.6 Å². The van der Waals surface area contributed by atoms with Gasteiger partial charge in [0.2, 0.25) is 0 Å². The third-order valence-electron chi connectivity index (χ3n) is 3.21. The van der Waals surface area contributed by atoms with E-state index in [1.54, 1.807) is 0 Å². The number of nitrogens with one attached hydrogen (secondary N) is 1. The minimum absolute atomic E-state index is 0.309. The van der Waals surface area contributed by atoms with Crippen LogP contribution < -0.4 is 5.32 Å². The molecule has 1 unspecified atom stereocenters. The van der Waals surface area contributed by atoms with Gasteiger partial charge >= 0.3 is 0 Å². The lowest BCUT2D eigenvalue weighted by Crippen LogP contribution is -2.22. The summed E-state index contributed by atoms with van der Waals surface area (Å²) < 4.78 is 3.14. The molecule has 19 heavy (non-hydrogen) atoms. The molecule has 1 heterocycles. The van der Waals surface area contributed by atoms with Crippen molar-refractivity contribution in [3.05, 3.63) is 52.3 Å². The van der Waals surface area contributed by atoms with E-state index >= 15 is 0 Å². The van der Waals surface area contributed by atoms with Crippen molar-refractivity contribution in [1.29, 1.82) is 0 Å². The molecule has 1 atom stereocenters. The average molecular weight is 322 g/mol. The van der Waals surface area contributed by atoms with Gasteiger partial charge in [-0.1, -0.05) is 41.1 Å². The lowest BCUT2D eigenvalue weighted by Gasteiger charge is -2.17. The lowest BCUT2D eigenvalue weighted by atomic mass is 10.0. The number of nitrogens with zero attached hydrogens (tertiary/aromatic N) is 2. The fourth-order valence-electron chi connectivity index (χ4n) is 2.17. The number of aryl methyl sites for hydroxylation is 1. The lowest BCUT2D eigenvalue weighted by molar-refractivity contribution is 0.547. The van der Waals surface area contributed by atoms with Crippen LogP contribution in [0.2, 0.25) is 0 Å². The zero-order valence-corrected chi connectivity index (χ0v) is 13.0. The number of hydrogen-bond acceptors (Lipinski definition) is 2. The minimum atomic E-state index is 0.309. The summed E-state index contributed by atoms with van der Waals surface area (Å²) in [7, 11) is 0. The molecule has 2 rings (SSSR count). The van der Waals surface area contributed by atoms with E-state index < -0.39 is 0 Å². The van der Waals surface area contributed by atoms with Gasteiger partial charge < -0.3 is 5.32 Å². The second-order valence-corrected chi connectivity index (χ2v) is 5.39. The number of hydrogen-bond donors (Lipinski definition) is 1. The Balaban J connectivity index is 2.18. The molecule has 0 saturated carbocycles. The Morgan fingerprint density at radius 3 is 2.74 bits per heavy atom. The van der Waals surface area contributed by atoms with Crippen LogP contribution in [-0.2, 0) is 13.0 Å². The van der Waals surface area contributed by atoms with E-state index in [4.69, 9.17) is 0 Å². The largest absolute Gasteiger partial charge is 0.310 e. The van der Waals surface area contributed by atoms with Gasteiger partial charge in [0.1, 0.15) is 0 Å². The molecule has 0 fully saturated rings. The molecule has 0 aliphatic carbocycles. The van der Waals surface area contributed by atoms with Crippen molar-refractivity contribution in [3.63, 3.8) is 0 Å². The first-order chi connectivity index (χ1) is 9.24. The zero-order chi connectivity index (χ0) is 13.7. The van der Waals surface area contributed by atoms with Gasteiger partial charge in [0, 0.05) is 28.8 Å². The smallest absolute Gasteiger partial charge is 0.0537 e. The van der Waals surface area contributed by atoms with Crippen LogP contribution in [0.4, 0.5) is 0 Å². The molecule has 1 N–H and O–H groups in total. The van der Waals surface area contributed by atoms with Crippen molar-refractivity contribution < 1.29 is 0 Å². The number of aromatic nitrogens is 2. The standard InChI is InChI=1S/C15H20BrN3/c1-3-17-15(13-10-18-19(4-2)11-13)9-12-7-5-6-8-14(12)16/h5-8,10-11,15,17H,3-4,9H2,1-2H3. The molecule has 1 aromatic heterocycles. The van der Waals surface area contributed by atoms with Crippen LogP contribution in [0, 0.1) is 0 Å². The molecule has 3 nitrogen and oxygen atoms in total. The second kappa shape index (κ2) is 6.87. The number of halogens is 1. The van der Waals surface area contributed by atoms with Crippen LogP contribution in [0.15, 0.2) is 41.1 Å². The summed E-state index contributed by atoms with van der Waals surface area (Å²) in [6, 6.07) is 8.69. The maximum Gasteiger partial charge on any atom is 0.0537 e. The van der Waals surface area contributed by atoms with Gasteiger partial charge in [0.05, 0.1) is 6.20 Å². The molecule has 1 aromatic carbocycles. The zero-order valence-electron chi connectivity index (χ0n) is 11.4. The van der Waals surface area contributed by atoms with Gasteiger partial charge in [-0.15, -0.1) is 0 Å². The van der Waals surface area contributed by atoms with E-state index in [1.807, 2.05) is 16.9 Å². The first-order valence-electron chi connectivity index (χ1n) is 6.73. The van der Waals surface area contributed by atoms with Gasteiger partial charge in [-0.25, -0.2) is 0 Å². The highest BCUT2D eigenvalue weighted by Gasteiger charge is 2.14. The third kappa shape index (κ3) is 3.67. The summed E-state index contributed by atoms with van der Waals surface area (Å²) in [5.41, 5.74) is 2.57. The topological polar surface area (TPSA) is 29.9 Å². The first kappa shape index (κ1) is 14.3. The van der Waals surface area contributed by atoms with Crippen molar-refractivity contribution in [3.8, 4) is 0 Å². The summed E-state index contributed by atoms with van der Waals surface area (Å²) in [5, 5.41) is 7.90. The monoisotopic (exact) mass is 321 g/mol. The van der Waals surface area contributed by atoms with Crippen LogP contribution in [0.5, 0.6) is 0 Å². The Morgan fingerprint density at radius 2 is 2.11 bits per heavy atom. The fraction of sp³-hybridized carbons (Fsp3) is 0.400. The number of likely N-dealkylation sites (N-methyl/N-ethyl adjacent to an activating group) is 1. The fourth-order valence-corrected chi connectivity index (χ4v) is 2.62. The SMILES string of the molecule is CCNC(Cc1ccccc1Br)c1cnn(CC)c1. The highest BCUT2D eigenvalue weighted by atomic mass is 79.9. The maximum atomic E-state index is 4.37.